The Morgan fingerprint density at radius 2 is 1.05 bits per heavy atom. The lowest BCUT2D eigenvalue weighted by molar-refractivity contribution is 1.29. The van der Waals surface area contributed by atoms with Gasteiger partial charge in [-0.2, -0.15) is 0 Å². The molecule has 0 aliphatic heterocycles. The van der Waals surface area contributed by atoms with Crippen molar-refractivity contribution in [2.24, 2.45) is 0 Å². The van der Waals surface area contributed by atoms with Gasteiger partial charge in [0, 0.05) is 31.3 Å². The summed E-state index contributed by atoms with van der Waals surface area (Å²) >= 11 is 1.86. The van der Waals surface area contributed by atoms with E-state index in [-0.39, 0.29) is 0 Å². The first-order chi connectivity index (χ1) is 19.3. The minimum atomic E-state index is 0.897. The van der Waals surface area contributed by atoms with Gasteiger partial charge in [-0.1, -0.05) is 91.0 Å². The second kappa shape index (κ2) is 8.87. The van der Waals surface area contributed by atoms with Gasteiger partial charge in [-0.3, -0.25) is 0 Å². The average Bonchev–Trinajstić information content (AvgIpc) is 3.37. The Kier molecular flexibility index (Phi) is 5.04. The van der Waals surface area contributed by atoms with Gasteiger partial charge in [0.1, 0.15) is 0 Å². The Morgan fingerprint density at radius 1 is 0.385 bits per heavy atom. The van der Waals surface area contributed by atoms with Gasteiger partial charge in [-0.25, -0.2) is 9.97 Å². The van der Waals surface area contributed by atoms with Crippen LogP contribution in [-0.4, -0.2) is 9.97 Å². The van der Waals surface area contributed by atoms with Crippen LogP contribution in [-0.2, 0) is 0 Å². The van der Waals surface area contributed by atoms with E-state index in [1.807, 2.05) is 41.7 Å². The van der Waals surface area contributed by atoms with Crippen LogP contribution in [0.3, 0.4) is 0 Å². The molecular weight excluding hydrogens is 492 g/mol. The predicted octanol–water partition coefficient (Wildman–Crippen LogP) is 10.2. The van der Waals surface area contributed by atoms with Crippen molar-refractivity contribution in [3.63, 3.8) is 0 Å². The van der Waals surface area contributed by atoms with E-state index < -0.39 is 0 Å². The zero-order valence-corrected chi connectivity index (χ0v) is 21.8. The maximum absolute atomic E-state index is 5.10. The maximum Gasteiger partial charge on any atom is 0.0973 e. The van der Waals surface area contributed by atoms with Gasteiger partial charge in [0.2, 0.25) is 0 Å². The van der Waals surface area contributed by atoms with Crippen molar-refractivity contribution >= 4 is 53.3 Å². The van der Waals surface area contributed by atoms with Crippen LogP contribution in [0.4, 0.5) is 0 Å². The highest BCUT2D eigenvalue weighted by atomic mass is 32.1. The number of rotatable bonds is 3. The molecule has 2 nitrogen and oxygen atoms in total. The quantitative estimate of drug-likeness (QED) is 0.234. The van der Waals surface area contributed by atoms with Crippen molar-refractivity contribution in [1.82, 2.24) is 9.97 Å². The smallest absolute Gasteiger partial charge is 0.0973 e. The van der Waals surface area contributed by atoms with Crippen molar-refractivity contribution in [2.45, 2.75) is 0 Å². The van der Waals surface area contributed by atoms with E-state index in [1.54, 1.807) is 0 Å². The standard InChI is InChI=1S/C36H22N2S/c1-2-9-23(10-3-1)35-36(38-32-15-6-5-14-31(32)37-35)27-12-8-11-24(19-27)25-17-18-26-22-34-30(21-28(26)20-25)29-13-4-7-16-33(29)39-34/h1-22H. The van der Waals surface area contributed by atoms with Crippen molar-refractivity contribution in [2.75, 3.05) is 0 Å². The molecule has 0 radical (unpaired) electrons. The summed E-state index contributed by atoms with van der Waals surface area (Å²) in [5.41, 5.74) is 8.08. The SMILES string of the molecule is c1ccc(-c2nc3ccccc3nc2-c2cccc(-c3ccc4cc5sc6ccccc6c5cc4c3)c2)cc1. The second-order valence-electron chi connectivity index (χ2n) is 9.86. The number of benzene rings is 6. The summed E-state index contributed by atoms with van der Waals surface area (Å²) in [7, 11) is 0. The number of aromatic nitrogens is 2. The fraction of sp³-hybridized carbons (Fsp3) is 0. The molecule has 8 aromatic rings. The highest BCUT2D eigenvalue weighted by Crippen LogP contribution is 2.38. The Bertz CT molecular complexity index is 2180. The molecule has 39 heavy (non-hydrogen) atoms. The van der Waals surface area contributed by atoms with Crippen molar-refractivity contribution in [3.8, 4) is 33.6 Å². The first kappa shape index (κ1) is 22.2. The summed E-state index contributed by atoms with van der Waals surface area (Å²) in [4.78, 5) is 10.2. The molecule has 0 fully saturated rings. The van der Waals surface area contributed by atoms with Crippen molar-refractivity contribution in [1.29, 1.82) is 0 Å². The molecule has 3 heteroatoms. The van der Waals surface area contributed by atoms with E-state index in [1.165, 1.54) is 42.1 Å². The Labute approximate surface area is 229 Å². The third kappa shape index (κ3) is 3.79. The molecule has 0 aliphatic carbocycles. The van der Waals surface area contributed by atoms with Crippen LogP contribution in [0, 0.1) is 0 Å². The molecule has 0 unspecified atom stereocenters. The topological polar surface area (TPSA) is 25.8 Å². The minimum absolute atomic E-state index is 0.897. The van der Waals surface area contributed by atoms with Crippen LogP contribution >= 0.6 is 11.3 Å². The fourth-order valence-corrected chi connectivity index (χ4v) is 6.63. The molecular formula is C36H22N2S. The lowest BCUT2D eigenvalue weighted by atomic mass is 9.96. The van der Waals surface area contributed by atoms with Crippen LogP contribution < -0.4 is 0 Å². The minimum Gasteiger partial charge on any atom is -0.244 e. The normalized spacial score (nSPS) is 11.6. The van der Waals surface area contributed by atoms with Crippen LogP contribution in [0.5, 0.6) is 0 Å². The summed E-state index contributed by atoms with van der Waals surface area (Å²) in [6.45, 7) is 0. The Balaban J connectivity index is 1.29. The average molecular weight is 515 g/mol. The van der Waals surface area contributed by atoms with Crippen LogP contribution in [0.2, 0.25) is 0 Å². The fourth-order valence-electron chi connectivity index (χ4n) is 5.49. The zero-order chi connectivity index (χ0) is 25.8. The monoisotopic (exact) mass is 514 g/mol. The van der Waals surface area contributed by atoms with E-state index in [9.17, 15) is 0 Å². The van der Waals surface area contributed by atoms with E-state index in [4.69, 9.17) is 9.97 Å². The molecule has 0 aliphatic rings. The zero-order valence-electron chi connectivity index (χ0n) is 21.0. The number of hydrogen-bond acceptors (Lipinski definition) is 3. The largest absolute Gasteiger partial charge is 0.244 e. The van der Waals surface area contributed by atoms with Gasteiger partial charge in [-0.15, -0.1) is 11.3 Å². The number of para-hydroxylation sites is 2. The molecule has 0 saturated heterocycles. The van der Waals surface area contributed by atoms with Gasteiger partial charge in [0.25, 0.3) is 0 Å². The summed E-state index contributed by atoms with van der Waals surface area (Å²) in [5.74, 6) is 0. The molecule has 182 valence electrons. The van der Waals surface area contributed by atoms with Gasteiger partial charge >= 0.3 is 0 Å². The summed E-state index contributed by atoms with van der Waals surface area (Å²) in [5, 5.41) is 5.17. The van der Waals surface area contributed by atoms with E-state index >= 15 is 0 Å². The number of thiophene rings is 1. The molecule has 2 aromatic heterocycles. The summed E-state index contributed by atoms with van der Waals surface area (Å²) in [6.07, 6.45) is 0. The van der Waals surface area contributed by atoms with E-state index in [0.29, 0.717) is 0 Å². The second-order valence-corrected chi connectivity index (χ2v) is 10.9. The molecule has 0 spiro atoms. The predicted molar refractivity (Wildman–Crippen MR) is 166 cm³/mol. The van der Waals surface area contributed by atoms with Crippen molar-refractivity contribution in [3.05, 3.63) is 133 Å². The Morgan fingerprint density at radius 3 is 1.90 bits per heavy atom. The highest BCUT2D eigenvalue weighted by Gasteiger charge is 2.14. The Hall–Kier alpha value is -4.86. The van der Waals surface area contributed by atoms with Gasteiger partial charge in [0.15, 0.2) is 0 Å². The lowest BCUT2D eigenvalue weighted by Gasteiger charge is -2.12. The van der Waals surface area contributed by atoms with E-state index in [0.717, 1.165) is 33.5 Å². The van der Waals surface area contributed by atoms with Crippen LogP contribution in [0.1, 0.15) is 0 Å². The molecule has 6 aromatic carbocycles. The number of fused-ring (bicyclic) bond motifs is 5. The van der Waals surface area contributed by atoms with Crippen molar-refractivity contribution < 1.29 is 0 Å². The number of hydrogen-bond donors (Lipinski definition) is 0. The highest BCUT2D eigenvalue weighted by molar-refractivity contribution is 7.25. The molecule has 0 saturated carbocycles. The van der Waals surface area contributed by atoms with Gasteiger partial charge in [0.05, 0.1) is 22.4 Å². The van der Waals surface area contributed by atoms with Crippen LogP contribution in [0.25, 0.3) is 75.6 Å². The summed E-state index contributed by atoms with van der Waals surface area (Å²) < 4.78 is 2.67. The maximum atomic E-state index is 5.10. The first-order valence-corrected chi connectivity index (χ1v) is 13.9. The third-order valence-corrected chi connectivity index (χ3v) is 8.56. The van der Waals surface area contributed by atoms with Gasteiger partial charge < -0.3 is 0 Å². The summed E-state index contributed by atoms with van der Waals surface area (Å²) in [6, 6.07) is 47.2. The molecule has 0 amide bonds. The van der Waals surface area contributed by atoms with Crippen LogP contribution in [0.15, 0.2) is 133 Å². The molecule has 8 rings (SSSR count). The molecule has 0 bridgehead atoms. The first-order valence-electron chi connectivity index (χ1n) is 13.1. The molecule has 0 atom stereocenters. The van der Waals surface area contributed by atoms with E-state index in [2.05, 4.69) is 103 Å². The lowest BCUT2D eigenvalue weighted by Crippen LogP contribution is -1.95. The number of nitrogens with zero attached hydrogens (tertiary/aromatic N) is 2. The molecule has 0 N–H and O–H groups in total. The molecule has 2 heterocycles. The third-order valence-electron chi connectivity index (χ3n) is 7.42. The van der Waals surface area contributed by atoms with Gasteiger partial charge in [-0.05, 0) is 64.4 Å².